The van der Waals surface area contributed by atoms with Crippen molar-refractivity contribution in [3.8, 4) is 0 Å². The Balaban J connectivity index is 2.80. The average molecular weight is 225 g/mol. The molecular weight excluding hydrogens is 209 g/mol. The van der Waals surface area contributed by atoms with Crippen LogP contribution in [0.25, 0.3) is 0 Å². The number of hydrogen-bond donors (Lipinski definition) is 1. The van der Waals surface area contributed by atoms with E-state index in [0.717, 1.165) is 0 Å². The quantitative estimate of drug-likeness (QED) is 0.793. The van der Waals surface area contributed by atoms with Crippen LogP contribution in [-0.2, 0) is 16.0 Å². The van der Waals surface area contributed by atoms with Gasteiger partial charge in [-0.15, -0.1) is 0 Å². The Labute approximate surface area is 94.4 Å². The maximum absolute atomic E-state index is 13.4. The summed E-state index contributed by atoms with van der Waals surface area (Å²) >= 11 is 0. The van der Waals surface area contributed by atoms with E-state index >= 15 is 0 Å². The summed E-state index contributed by atoms with van der Waals surface area (Å²) < 4.78 is 18.2. The van der Waals surface area contributed by atoms with Crippen LogP contribution in [-0.4, -0.2) is 18.1 Å². The number of hydrogen-bond acceptors (Lipinski definition) is 3. The van der Waals surface area contributed by atoms with Gasteiger partial charge in [-0.2, -0.15) is 0 Å². The molecule has 16 heavy (non-hydrogen) atoms. The first kappa shape index (κ1) is 12.6. The fourth-order valence-corrected chi connectivity index (χ4v) is 1.41. The van der Waals surface area contributed by atoms with Crippen molar-refractivity contribution in [2.75, 3.05) is 6.61 Å². The van der Waals surface area contributed by atoms with Crippen LogP contribution in [0.2, 0.25) is 0 Å². The van der Waals surface area contributed by atoms with Crippen LogP contribution in [0.4, 0.5) is 4.39 Å². The number of carbonyl (C=O) groups excluding carboxylic acids is 1. The first-order valence-electron chi connectivity index (χ1n) is 5.17. The molecule has 0 radical (unpaired) electrons. The molecule has 0 aromatic heterocycles. The van der Waals surface area contributed by atoms with Crippen molar-refractivity contribution in [1.82, 2.24) is 0 Å². The number of halogens is 1. The molecule has 1 atom stereocenters. The number of carbonyl (C=O) groups is 1. The maximum Gasteiger partial charge on any atom is 0.326 e. The molecule has 1 aromatic carbocycles. The summed E-state index contributed by atoms with van der Waals surface area (Å²) in [4.78, 5) is 11.5. The zero-order chi connectivity index (χ0) is 12.2. The average Bonchev–Trinajstić information content (AvgIpc) is 2.21. The van der Waals surface area contributed by atoms with Crippen molar-refractivity contribution >= 4 is 5.97 Å². The van der Waals surface area contributed by atoms with Crippen LogP contribution >= 0.6 is 0 Å². The Morgan fingerprint density at radius 1 is 1.50 bits per heavy atom. The topological polar surface area (TPSA) is 52.3 Å². The molecule has 0 heterocycles. The molecular formula is C12H16FNO2. The van der Waals surface area contributed by atoms with E-state index in [0.29, 0.717) is 5.56 Å². The van der Waals surface area contributed by atoms with E-state index < -0.39 is 11.5 Å². The Hall–Kier alpha value is -1.42. The lowest BCUT2D eigenvalue weighted by Crippen LogP contribution is -2.48. The second-order valence-corrected chi connectivity index (χ2v) is 3.91. The van der Waals surface area contributed by atoms with Crippen molar-refractivity contribution in [3.63, 3.8) is 0 Å². The van der Waals surface area contributed by atoms with Gasteiger partial charge in [0.25, 0.3) is 0 Å². The summed E-state index contributed by atoms with van der Waals surface area (Å²) in [7, 11) is 0. The van der Waals surface area contributed by atoms with Crippen molar-refractivity contribution in [2.24, 2.45) is 5.73 Å². The molecule has 0 saturated heterocycles. The highest BCUT2D eigenvalue weighted by atomic mass is 19.1. The molecule has 0 aliphatic rings. The first-order chi connectivity index (χ1) is 7.47. The summed E-state index contributed by atoms with van der Waals surface area (Å²) in [5.41, 5.74) is 5.03. The van der Waals surface area contributed by atoms with E-state index in [-0.39, 0.29) is 18.8 Å². The molecule has 0 saturated carbocycles. The van der Waals surface area contributed by atoms with Gasteiger partial charge in [0.2, 0.25) is 0 Å². The number of ether oxygens (including phenoxy) is 1. The Bertz CT molecular complexity index is 377. The monoisotopic (exact) mass is 225 g/mol. The van der Waals surface area contributed by atoms with E-state index in [1.54, 1.807) is 25.1 Å². The smallest absolute Gasteiger partial charge is 0.326 e. The Morgan fingerprint density at radius 3 is 2.69 bits per heavy atom. The van der Waals surface area contributed by atoms with Crippen molar-refractivity contribution in [1.29, 1.82) is 0 Å². The van der Waals surface area contributed by atoms with Gasteiger partial charge in [0.05, 0.1) is 6.61 Å². The van der Waals surface area contributed by atoms with Gasteiger partial charge in [0, 0.05) is 6.42 Å². The van der Waals surface area contributed by atoms with E-state index in [2.05, 4.69) is 0 Å². The van der Waals surface area contributed by atoms with Crippen LogP contribution in [0, 0.1) is 5.82 Å². The molecule has 1 aromatic rings. The van der Waals surface area contributed by atoms with Gasteiger partial charge in [-0.05, 0) is 25.5 Å². The van der Waals surface area contributed by atoms with Crippen LogP contribution in [0.3, 0.4) is 0 Å². The normalized spacial score (nSPS) is 14.2. The summed E-state index contributed by atoms with van der Waals surface area (Å²) in [6.45, 7) is 3.51. The van der Waals surface area contributed by atoms with Gasteiger partial charge in [-0.25, -0.2) is 4.39 Å². The van der Waals surface area contributed by atoms with E-state index in [1.165, 1.54) is 13.0 Å². The molecule has 1 unspecified atom stereocenters. The first-order valence-corrected chi connectivity index (χ1v) is 5.17. The predicted molar refractivity (Wildman–Crippen MR) is 59.3 cm³/mol. The predicted octanol–water partition coefficient (Wildman–Crippen LogP) is 1.65. The third-order valence-electron chi connectivity index (χ3n) is 2.26. The lowest BCUT2D eigenvalue weighted by atomic mass is 9.94. The van der Waals surface area contributed by atoms with Crippen LogP contribution in [0.15, 0.2) is 24.3 Å². The van der Waals surface area contributed by atoms with Crippen molar-refractivity contribution in [3.05, 3.63) is 35.6 Å². The number of rotatable bonds is 4. The zero-order valence-electron chi connectivity index (χ0n) is 9.50. The Kier molecular flexibility index (Phi) is 4.01. The van der Waals surface area contributed by atoms with Gasteiger partial charge in [0.1, 0.15) is 11.4 Å². The third-order valence-corrected chi connectivity index (χ3v) is 2.26. The largest absolute Gasteiger partial charge is 0.465 e. The summed E-state index contributed by atoms with van der Waals surface area (Å²) in [6.07, 6.45) is 0.124. The standard InChI is InChI=1S/C12H16FNO2/c1-3-16-11(15)12(2,14)8-9-6-4-5-7-10(9)13/h4-7H,3,8,14H2,1-2H3. The number of nitrogens with two attached hydrogens (primary N) is 1. The molecule has 0 bridgehead atoms. The highest BCUT2D eigenvalue weighted by Gasteiger charge is 2.30. The molecule has 88 valence electrons. The maximum atomic E-state index is 13.4. The second-order valence-electron chi connectivity index (χ2n) is 3.91. The van der Waals surface area contributed by atoms with Gasteiger partial charge in [-0.3, -0.25) is 4.79 Å². The SMILES string of the molecule is CCOC(=O)C(C)(N)Cc1ccccc1F. The number of esters is 1. The second kappa shape index (κ2) is 5.07. The minimum absolute atomic E-state index is 0.124. The van der Waals surface area contributed by atoms with E-state index in [9.17, 15) is 9.18 Å². The molecule has 1 rings (SSSR count). The minimum atomic E-state index is -1.20. The number of benzene rings is 1. The molecule has 0 aliphatic heterocycles. The molecule has 0 spiro atoms. The summed E-state index contributed by atoms with van der Waals surface area (Å²) in [5, 5.41) is 0. The summed E-state index contributed by atoms with van der Waals surface area (Å²) in [6, 6.07) is 6.26. The molecule has 4 heteroatoms. The molecule has 0 amide bonds. The third kappa shape index (κ3) is 3.03. The molecule has 0 aliphatic carbocycles. The van der Waals surface area contributed by atoms with Gasteiger partial charge in [0.15, 0.2) is 0 Å². The van der Waals surface area contributed by atoms with E-state index in [1.807, 2.05) is 0 Å². The van der Waals surface area contributed by atoms with Crippen LogP contribution in [0.1, 0.15) is 19.4 Å². The fourth-order valence-electron chi connectivity index (χ4n) is 1.41. The van der Waals surface area contributed by atoms with Gasteiger partial charge in [-0.1, -0.05) is 18.2 Å². The van der Waals surface area contributed by atoms with Gasteiger partial charge < -0.3 is 10.5 Å². The molecule has 2 N–H and O–H groups in total. The lowest BCUT2D eigenvalue weighted by molar-refractivity contribution is -0.148. The van der Waals surface area contributed by atoms with Crippen molar-refractivity contribution < 1.29 is 13.9 Å². The molecule has 0 fully saturated rings. The lowest BCUT2D eigenvalue weighted by Gasteiger charge is -2.22. The highest BCUT2D eigenvalue weighted by Crippen LogP contribution is 2.15. The van der Waals surface area contributed by atoms with Crippen molar-refractivity contribution in [2.45, 2.75) is 25.8 Å². The van der Waals surface area contributed by atoms with Gasteiger partial charge >= 0.3 is 5.97 Å². The Morgan fingerprint density at radius 2 is 2.12 bits per heavy atom. The van der Waals surface area contributed by atoms with E-state index in [4.69, 9.17) is 10.5 Å². The minimum Gasteiger partial charge on any atom is -0.465 e. The summed E-state index contributed by atoms with van der Waals surface area (Å²) in [5.74, 6) is -0.873. The highest BCUT2D eigenvalue weighted by molar-refractivity contribution is 5.80. The fraction of sp³-hybridized carbons (Fsp3) is 0.417. The molecule has 3 nitrogen and oxygen atoms in total. The van der Waals surface area contributed by atoms with Crippen LogP contribution < -0.4 is 5.73 Å². The van der Waals surface area contributed by atoms with Crippen LogP contribution in [0.5, 0.6) is 0 Å². The zero-order valence-corrected chi connectivity index (χ0v) is 9.50.